The lowest BCUT2D eigenvalue weighted by Crippen LogP contribution is -2.31. The summed E-state index contributed by atoms with van der Waals surface area (Å²) in [6.45, 7) is 4.62. The zero-order valence-electron chi connectivity index (χ0n) is 12.8. The van der Waals surface area contributed by atoms with E-state index in [0.29, 0.717) is 12.2 Å². The number of hydrogen-bond donors (Lipinski definition) is 1. The summed E-state index contributed by atoms with van der Waals surface area (Å²) < 4.78 is 0. The third kappa shape index (κ3) is 2.84. The predicted molar refractivity (Wildman–Crippen MR) is 86.4 cm³/mol. The highest BCUT2D eigenvalue weighted by molar-refractivity contribution is 6.13. The molecule has 2 aliphatic rings. The average Bonchev–Trinajstić information content (AvgIpc) is 3.13. The summed E-state index contributed by atoms with van der Waals surface area (Å²) in [4.78, 5) is 27.5. The maximum absolute atomic E-state index is 12.2. The first-order valence-corrected chi connectivity index (χ1v) is 7.88. The Morgan fingerprint density at radius 2 is 1.82 bits per heavy atom. The van der Waals surface area contributed by atoms with Gasteiger partial charge in [-0.15, -0.1) is 0 Å². The molecule has 0 atom stereocenters. The van der Waals surface area contributed by atoms with Gasteiger partial charge in [-0.05, 0) is 43.0 Å². The highest BCUT2D eigenvalue weighted by atomic mass is 16.2. The first-order valence-electron chi connectivity index (χ1n) is 7.88. The van der Waals surface area contributed by atoms with Crippen LogP contribution >= 0.6 is 0 Å². The Hall–Kier alpha value is -2.30. The number of rotatable bonds is 4. The Morgan fingerprint density at radius 3 is 2.45 bits per heavy atom. The van der Waals surface area contributed by atoms with E-state index in [1.165, 1.54) is 23.4 Å². The van der Waals surface area contributed by atoms with Crippen LogP contribution in [0.1, 0.15) is 31.7 Å². The molecule has 0 aliphatic carbocycles. The van der Waals surface area contributed by atoms with Gasteiger partial charge in [0.2, 0.25) is 0 Å². The van der Waals surface area contributed by atoms with Crippen LogP contribution in [-0.2, 0) is 4.79 Å². The number of benzene rings is 1. The third-order valence-electron chi connectivity index (χ3n) is 4.08. The molecule has 0 unspecified atom stereocenters. The van der Waals surface area contributed by atoms with Gasteiger partial charge in [0.1, 0.15) is 5.70 Å². The summed E-state index contributed by atoms with van der Waals surface area (Å²) >= 11 is 0. The average molecular weight is 299 g/mol. The molecule has 5 heteroatoms. The van der Waals surface area contributed by atoms with Crippen LogP contribution in [0, 0.1) is 0 Å². The lowest BCUT2D eigenvalue weighted by molar-refractivity contribution is -0.122. The van der Waals surface area contributed by atoms with Crippen molar-refractivity contribution in [2.24, 2.45) is 0 Å². The molecular weight excluding hydrogens is 278 g/mol. The number of nitrogens with one attached hydrogen (secondary N) is 1. The van der Waals surface area contributed by atoms with Crippen molar-refractivity contribution in [3.05, 3.63) is 35.5 Å². The van der Waals surface area contributed by atoms with Crippen molar-refractivity contribution >= 4 is 23.7 Å². The van der Waals surface area contributed by atoms with Crippen molar-refractivity contribution in [1.82, 2.24) is 10.2 Å². The van der Waals surface area contributed by atoms with E-state index in [1.54, 1.807) is 6.08 Å². The number of imide groups is 1. The van der Waals surface area contributed by atoms with Crippen molar-refractivity contribution in [1.29, 1.82) is 0 Å². The molecule has 0 radical (unpaired) electrons. The Kier molecular flexibility index (Phi) is 4.13. The van der Waals surface area contributed by atoms with Crippen molar-refractivity contribution in [3.8, 4) is 0 Å². The Balaban J connectivity index is 1.74. The predicted octanol–water partition coefficient (Wildman–Crippen LogP) is 2.59. The summed E-state index contributed by atoms with van der Waals surface area (Å²) in [5, 5.41) is 2.64. The molecule has 2 fully saturated rings. The molecule has 1 aromatic rings. The second kappa shape index (κ2) is 6.22. The molecule has 3 rings (SSSR count). The van der Waals surface area contributed by atoms with Crippen LogP contribution in [0.4, 0.5) is 10.5 Å². The zero-order valence-corrected chi connectivity index (χ0v) is 12.8. The zero-order chi connectivity index (χ0) is 15.5. The largest absolute Gasteiger partial charge is 0.372 e. The lowest BCUT2D eigenvalue weighted by atomic mass is 10.1. The van der Waals surface area contributed by atoms with E-state index in [0.717, 1.165) is 25.1 Å². The SMILES string of the molecule is CCCN1C(=O)N/C(=C/c2ccc(N3CCCC3)cc2)C1=O. The van der Waals surface area contributed by atoms with E-state index in [9.17, 15) is 9.59 Å². The molecular formula is C17H21N3O2. The highest BCUT2D eigenvalue weighted by Crippen LogP contribution is 2.22. The molecule has 0 spiro atoms. The van der Waals surface area contributed by atoms with Crippen LogP contribution in [0.3, 0.4) is 0 Å². The van der Waals surface area contributed by atoms with Gasteiger partial charge < -0.3 is 10.2 Å². The van der Waals surface area contributed by atoms with Crippen LogP contribution in [-0.4, -0.2) is 36.5 Å². The van der Waals surface area contributed by atoms with Gasteiger partial charge >= 0.3 is 6.03 Å². The number of hydrogen-bond acceptors (Lipinski definition) is 3. The van der Waals surface area contributed by atoms with E-state index >= 15 is 0 Å². The molecule has 5 nitrogen and oxygen atoms in total. The fourth-order valence-electron chi connectivity index (χ4n) is 2.92. The Bertz CT molecular complexity index is 601. The Morgan fingerprint density at radius 1 is 1.14 bits per heavy atom. The second-order valence-electron chi connectivity index (χ2n) is 5.73. The van der Waals surface area contributed by atoms with Gasteiger partial charge in [0, 0.05) is 25.3 Å². The minimum Gasteiger partial charge on any atom is -0.372 e. The highest BCUT2D eigenvalue weighted by Gasteiger charge is 2.32. The molecule has 0 bridgehead atoms. The van der Waals surface area contributed by atoms with Gasteiger partial charge in [0.05, 0.1) is 0 Å². The molecule has 116 valence electrons. The standard InChI is InChI=1S/C17H21N3O2/c1-2-9-20-16(21)15(18-17(20)22)12-13-5-7-14(8-6-13)19-10-3-4-11-19/h5-8,12H,2-4,9-11H2,1H3,(H,18,22)/b15-12+. The van der Waals surface area contributed by atoms with Gasteiger partial charge in [-0.3, -0.25) is 9.69 Å². The summed E-state index contributed by atoms with van der Waals surface area (Å²) in [5.41, 5.74) is 2.49. The van der Waals surface area contributed by atoms with Gasteiger partial charge in [0.25, 0.3) is 5.91 Å². The summed E-state index contributed by atoms with van der Waals surface area (Å²) in [6, 6.07) is 7.79. The molecule has 0 saturated carbocycles. The van der Waals surface area contributed by atoms with E-state index in [2.05, 4.69) is 22.3 Å². The first kappa shape index (κ1) is 14.6. The number of amides is 3. The molecule has 22 heavy (non-hydrogen) atoms. The van der Waals surface area contributed by atoms with Gasteiger partial charge in [-0.1, -0.05) is 19.1 Å². The normalized spacial score (nSPS) is 20.1. The smallest absolute Gasteiger partial charge is 0.329 e. The van der Waals surface area contributed by atoms with Crippen molar-refractivity contribution < 1.29 is 9.59 Å². The fourth-order valence-corrected chi connectivity index (χ4v) is 2.92. The molecule has 3 amide bonds. The van der Waals surface area contributed by atoms with Crippen LogP contribution in [0.5, 0.6) is 0 Å². The molecule has 2 heterocycles. The Labute approximate surface area is 130 Å². The van der Waals surface area contributed by atoms with E-state index in [4.69, 9.17) is 0 Å². The number of nitrogens with zero attached hydrogens (tertiary/aromatic N) is 2. The number of carbonyl (C=O) groups excluding carboxylic acids is 2. The van der Waals surface area contributed by atoms with E-state index in [1.807, 2.05) is 19.1 Å². The fraction of sp³-hybridized carbons (Fsp3) is 0.412. The van der Waals surface area contributed by atoms with E-state index in [-0.39, 0.29) is 11.9 Å². The number of anilines is 1. The topological polar surface area (TPSA) is 52.7 Å². The minimum atomic E-state index is -0.327. The maximum atomic E-state index is 12.2. The van der Waals surface area contributed by atoms with Crippen LogP contribution < -0.4 is 10.2 Å². The van der Waals surface area contributed by atoms with E-state index < -0.39 is 0 Å². The quantitative estimate of drug-likeness (QED) is 0.687. The number of urea groups is 1. The number of carbonyl (C=O) groups is 2. The maximum Gasteiger partial charge on any atom is 0.329 e. The molecule has 1 N–H and O–H groups in total. The summed E-state index contributed by atoms with van der Waals surface area (Å²) in [5.74, 6) is -0.240. The van der Waals surface area contributed by atoms with Crippen LogP contribution in [0.25, 0.3) is 6.08 Å². The second-order valence-corrected chi connectivity index (χ2v) is 5.73. The van der Waals surface area contributed by atoms with Crippen LogP contribution in [0.15, 0.2) is 30.0 Å². The van der Waals surface area contributed by atoms with Gasteiger partial charge in [-0.25, -0.2) is 4.79 Å². The van der Waals surface area contributed by atoms with Crippen molar-refractivity contribution in [3.63, 3.8) is 0 Å². The van der Waals surface area contributed by atoms with Crippen molar-refractivity contribution in [2.45, 2.75) is 26.2 Å². The monoisotopic (exact) mass is 299 g/mol. The first-order chi connectivity index (χ1) is 10.7. The van der Waals surface area contributed by atoms with Gasteiger partial charge in [0.15, 0.2) is 0 Å². The molecule has 2 saturated heterocycles. The molecule has 1 aromatic carbocycles. The van der Waals surface area contributed by atoms with Crippen LogP contribution in [0.2, 0.25) is 0 Å². The summed E-state index contributed by atoms with van der Waals surface area (Å²) in [7, 11) is 0. The summed E-state index contributed by atoms with van der Waals surface area (Å²) in [6.07, 6.45) is 5.00. The molecule has 0 aromatic heterocycles. The minimum absolute atomic E-state index is 0.240. The van der Waals surface area contributed by atoms with Gasteiger partial charge in [-0.2, -0.15) is 0 Å². The van der Waals surface area contributed by atoms with Crippen molar-refractivity contribution in [2.75, 3.05) is 24.5 Å². The lowest BCUT2D eigenvalue weighted by Gasteiger charge is -2.17. The third-order valence-corrected chi connectivity index (χ3v) is 4.08. The molecule has 2 aliphatic heterocycles.